The Morgan fingerprint density at radius 2 is 2.12 bits per heavy atom. The molecule has 2 rings (SSSR count). The van der Waals surface area contributed by atoms with E-state index in [1.807, 2.05) is 0 Å². The Labute approximate surface area is 104 Å². The van der Waals surface area contributed by atoms with Crippen LogP contribution in [0.2, 0.25) is 5.02 Å². The van der Waals surface area contributed by atoms with Gasteiger partial charge in [0.25, 0.3) is 0 Å². The summed E-state index contributed by atoms with van der Waals surface area (Å²) in [5, 5.41) is 0.524. The van der Waals surface area contributed by atoms with E-state index in [9.17, 15) is 9.59 Å². The summed E-state index contributed by atoms with van der Waals surface area (Å²) < 4.78 is 5.19. The molecule has 1 unspecified atom stereocenters. The highest BCUT2D eigenvalue weighted by Gasteiger charge is 2.38. The minimum Gasteiger partial charge on any atom is -0.496 e. The van der Waals surface area contributed by atoms with Gasteiger partial charge >= 0.3 is 0 Å². The summed E-state index contributed by atoms with van der Waals surface area (Å²) in [6.07, 6.45) is 0.173. The Bertz CT molecular complexity index is 487. The molecule has 2 amide bonds. The van der Waals surface area contributed by atoms with E-state index in [0.717, 1.165) is 4.90 Å². The summed E-state index contributed by atoms with van der Waals surface area (Å²) in [6, 6.07) is 5.07. The molecule has 1 aliphatic heterocycles. The van der Waals surface area contributed by atoms with Crippen molar-refractivity contribution in [3.05, 3.63) is 28.8 Å². The molecular formula is C12H12ClNO3. The number of carbonyl (C=O) groups excluding carboxylic acids is 2. The van der Waals surface area contributed by atoms with Gasteiger partial charge in [-0.1, -0.05) is 11.6 Å². The Morgan fingerprint density at radius 3 is 2.65 bits per heavy atom. The topological polar surface area (TPSA) is 46.6 Å². The third kappa shape index (κ3) is 2.00. The molecule has 1 saturated heterocycles. The minimum absolute atomic E-state index is 0.173. The molecule has 0 radical (unpaired) electrons. The largest absolute Gasteiger partial charge is 0.496 e. The lowest BCUT2D eigenvalue weighted by Crippen LogP contribution is -2.25. The van der Waals surface area contributed by atoms with Crippen molar-refractivity contribution in [3.8, 4) is 5.75 Å². The molecule has 1 aromatic carbocycles. The van der Waals surface area contributed by atoms with Gasteiger partial charge in [0.05, 0.1) is 13.0 Å². The van der Waals surface area contributed by atoms with Crippen LogP contribution in [0.25, 0.3) is 0 Å². The summed E-state index contributed by atoms with van der Waals surface area (Å²) in [7, 11) is 3.01. The number of halogens is 1. The van der Waals surface area contributed by atoms with Gasteiger partial charge in [-0.15, -0.1) is 0 Å². The van der Waals surface area contributed by atoms with Crippen LogP contribution in [0, 0.1) is 0 Å². The highest BCUT2D eigenvalue weighted by Crippen LogP contribution is 2.36. The monoisotopic (exact) mass is 253 g/mol. The Kier molecular flexibility index (Phi) is 3.07. The van der Waals surface area contributed by atoms with Gasteiger partial charge < -0.3 is 4.74 Å². The first-order chi connectivity index (χ1) is 8.04. The molecule has 0 saturated carbocycles. The average molecular weight is 254 g/mol. The Hall–Kier alpha value is -1.55. The van der Waals surface area contributed by atoms with E-state index in [0.29, 0.717) is 16.3 Å². The second kappa shape index (κ2) is 4.37. The lowest BCUT2D eigenvalue weighted by molar-refractivity contribution is -0.137. The molecule has 0 bridgehead atoms. The van der Waals surface area contributed by atoms with Crippen LogP contribution in [0.15, 0.2) is 18.2 Å². The van der Waals surface area contributed by atoms with Gasteiger partial charge in [-0.25, -0.2) is 0 Å². The quantitative estimate of drug-likeness (QED) is 0.756. The van der Waals surface area contributed by atoms with Crippen LogP contribution < -0.4 is 4.74 Å². The minimum atomic E-state index is -0.485. The maximum atomic E-state index is 11.9. The molecule has 0 aromatic heterocycles. The third-order valence-corrected chi connectivity index (χ3v) is 3.18. The van der Waals surface area contributed by atoms with Gasteiger partial charge in [0, 0.05) is 24.1 Å². The number of rotatable bonds is 2. The number of amides is 2. The standard InChI is InChI=1S/C12H12ClNO3/c1-14-11(15)6-9(12(14)16)8-5-7(13)3-4-10(8)17-2/h3-5,9H,6H2,1-2H3. The van der Waals surface area contributed by atoms with Crippen molar-refractivity contribution < 1.29 is 14.3 Å². The molecule has 5 heteroatoms. The van der Waals surface area contributed by atoms with Crippen molar-refractivity contribution in [2.24, 2.45) is 0 Å². The van der Waals surface area contributed by atoms with E-state index in [2.05, 4.69) is 0 Å². The van der Waals surface area contributed by atoms with E-state index in [1.165, 1.54) is 14.2 Å². The number of ether oxygens (including phenoxy) is 1. The highest BCUT2D eigenvalue weighted by molar-refractivity contribution is 6.30. The van der Waals surface area contributed by atoms with Crippen LogP contribution in [-0.2, 0) is 9.59 Å². The first kappa shape index (κ1) is 11.9. The summed E-state index contributed by atoms with van der Waals surface area (Å²) in [5.41, 5.74) is 0.669. The predicted octanol–water partition coefficient (Wildman–Crippen LogP) is 1.82. The van der Waals surface area contributed by atoms with Crippen LogP contribution in [0.1, 0.15) is 17.9 Å². The van der Waals surface area contributed by atoms with E-state index in [-0.39, 0.29) is 18.2 Å². The molecular weight excluding hydrogens is 242 g/mol. The number of methoxy groups -OCH3 is 1. The van der Waals surface area contributed by atoms with Crippen LogP contribution >= 0.6 is 11.6 Å². The molecule has 17 heavy (non-hydrogen) atoms. The number of likely N-dealkylation sites (tertiary alicyclic amines) is 1. The fourth-order valence-electron chi connectivity index (χ4n) is 1.98. The molecule has 0 N–H and O–H groups in total. The molecule has 1 fully saturated rings. The maximum absolute atomic E-state index is 11.9. The maximum Gasteiger partial charge on any atom is 0.237 e. The number of carbonyl (C=O) groups is 2. The first-order valence-electron chi connectivity index (χ1n) is 5.18. The highest BCUT2D eigenvalue weighted by atomic mass is 35.5. The molecule has 1 aliphatic rings. The van der Waals surface area contributed by atoms with Crippen LogP contribution in [0.3, 0.4) is 0 Å². The van der Waals surface area contributed by atoms with Crippen molar-refractivity contribution in [3.63, 3.8) is 0 Å². The van der Waals surface area contributed by atoms with E-state index in [4.69, 9.17) is 16.3 Å². The second-order valence-electron chi connectivity index (χ2n) is 3.93. The number of benzene rings is 1. The summed E-state index contributed by atoms with van der Waals surface area (Å²) in [4.78, 5) is 24.5. The number of likely N-dealkylation sites (N-methyl/N-ethyl adjacent to an activating group) is 1. The van der Waals surface area contributed by atoms with Crippen molar-refractivity contribution in [2.45, 2.75) is 12.3 Å². The van der Waals surface area contributed by atoms with Crippen molar-refractivity contribution in [1.82, 2.24) is 4.90 Å². The number of imide groups is 1. The fraction of sp³-hybridized carbons (Fsp3) is 0.333. The molecule has 90 valence electrons. The Balaban J connectivity index is 2.44. The molecule has 0 spiro atoms. The van der Waals surface area contributed by atoms with Gasteiger partial charge in [0.2, 0.25) is 11.8 Å². The number of hydrogen-bond acceptors (Lipinski definition) is 3. The van der Waals surface area contributed by atoms with Gasteiger partial charge in [0.1, 0.15) is 5.75 Å². The van der Waals surface area contributed by atoms with Crippen LogP contribution in [-0.4, -0.2) is 30.9 Å². The van der Waals surface area contributed by atoms with Crippen molar-refractivity contribution in [2.75, 3.05) is 14.2 Å². The van der Waals surface area contributed by atoms with Crippen molar-refractivity contribution in [1.29, 1.82) is 0 Å². The van der Waals surface area contributed by atoms with Gasteiger partial charge in [-0.2, -0.15) is 0 Å². The molecule has 1 heterocycles. The zero-order valence-electron chi connectivity index (χ0n) is 9.57. The summed E-state index contributed by atoms with van der Waals surface area (Å²) >= 11 is 5.91. The molecule has 1 aromatic rings. The van der Waals surface area contributed by atoms with Crippen molar-refractivity contribution >= 4 is 23.4 Å². The number of hydrogen-bond donors (Lipinski definition) is 0. The Morgan fingerprint density at radius 1 is 1.41 bits per heavy atom. The zero-order valence-corrected chi connectivity index (χ0v) is 10.3. The lowest BCUT2D eigenvalue weighted by Gasteiger charge is -2.13. The summed E-state index contributed by atoms with van der Waals surface area (Å²) in [6.45, 7) is 0. The normalized spacial score (nSPS) is 19.9. The zero-order chi connectivity index (χ0) is 12.6. The third-order valence-electron chi connectivity index (χ3n) is 2.95. The average Bonchev–Trinajstić information content (AvgIpc) is 2.57. The van der Waals surface area contributed by atoms with E-state index >= 15 is 0 Å². The van der Waals surface area contributed by atoms with Gasteiger partial charge in [0.15, 0.2) is 0 Å². The molecule has 1 atom stereocenters. The summed E-state index contributed by atoms with van der Waals surface area (Å²) in [5.74, 6) is -0.297. The lowest BCUT2D eigenvalue weighted by atomic mass is 9.96. The molecule has 4 nitrogen and oxygen atoms in total. The van der Waals surface area contributed by atoms with E-state index < -0.39 is 5.92 Å². The fourth-order valence-corrected chi connectivity index (χ4v) is 2.16. The van der Waals surface area contributed by atoms with Gasteiger partial charge in [-0.05, 0) is 18.2 Å². The smallest absolute Gasteiger partial charge is 0.237 e. The second-order valence-corrected chi connectivity index (χ2v) is 4.37. The first-order valence-corrected chi connectivity index (χ1v) is 5.56. The van der Waals surface area contributed by atoms with Gasteiger partial charge in [-0.3, -0.25) is 14.5 Å². The van der Waals surface area contributed by atoms with Crippen LogP contribution in [0.5, 0.6) is 5.75 Å². The SMILES string of the molecule is COc1ccc(Cl)cc1C1CC(=O)N(C)C1=O. The predicted molar refractivity (Wildman–Crippen MR) is 63.1 cm³/mol. The van der Waals surface area contributed by atoms with Crippen LogP contribution in [0.4, 0.5) is 0 Å². The molecule has 0 aliphatic carbocycles. The van der Waals surface area contributed by atoms with E-state index in [1.54, 1.807) is 18.2 Å². The number of nitrogens with zero attached hydrogens (tertiary/aromatic N) is 1.